The summed E-state index contributed by atoms with van der Waals surface area (Å²) in [6, 6.07) is 13.4. The van der Waals surface area contributed by atoms with Gasteiger partial charge >= 0.3 is 11.9 Å². The molecule has 37 heavy (non-hydrogen) atoms. The van der Waals surface area contributed by atoms with Gasteiger partial charge in [-0.25, -0.2) is 14.6 Å². The molecule has 2 aliphatic rings. The maximum atomic E-state index is 14.4. The van der Waals surface area contributed by atoms with Crippen molar-refractivity contribution in [2.45, 2.75) is 33.7 Å². The zero-order chi connectivity index (χ0) is 26.4. The lowest BCUT2D eigenvalue weighted by molar-refractivity contribution is -0.141. The van der Waals surface area contributed by atoms with E-state index in [1.807, 2.05) is 31.2 Å². The van der Waals surface area contributed by atoms with Gasteiger partial charge in [0.15, 0.2) is 5.17 Å². The number of carbonyl (C=O) groups is 4. The maximum absolute atomic E-state index is 14.4. The fourth-order valence-corrected chi connectivity index (χ4v) is 5.51. The number of benzene rings is 2. The molecule has 3 aromatic rings. The third-order valence-electron chi connectivity index (χ3n) is 6.14. The number of aromatic nitrogens is 1. The van der Waals surface area contributed by atoms with E-state index in [9.17, 15) is 19.2 Å². The summed E-state index contributed by atoms with van der Waals surface area (Å²) in [6.07, 6.45) is 0. The lowest BCUT2D eigenvalue weighted by Crippen LogP contribution is -2.42. The summed E-state index contributed by atoms with van der Waals surface area (Å²) in [6.45, 7) is 6.66. The Kier molecular flexibility index (Phi) is 6.20. The first kappa shape index (κ1) is 24.5. The van der Waals surface area contributed by atoms with Crippen LogP contribution in [0.5, 0.6) is 0 Å². The molecule has 0 radical (unpaired) electrons. The fourth-order valence-electron chi connectivity index (χ4n) is 4.59. The average Bonchev–Trinajstić information content (AvgIpc) is 3.12. The molecule has 2 aliphatic heterocycles. The van der Waals surface area contributed by atoms with Crippen molar-refractivity contribution >= 4 is 50.8 Å². The Bertz CT molecular complexity index is 1550. The van der Waals surface area contributed by atoms with Crippen LogP contribution in [0.4, 0.5) is 0 Å². The van der Waals surface area contributed by atoms with Crippen LogP contribution in [0.1, 0.15) is 58.8 Å². The first-order valence-electron chi connectivity index (χ1n) is 11.6. The Balaban J connectivity index is 1.78. The van der Waals surface area contributed by atoms with Gasteiger partial charge in [-0.1, -0.05) is 48.0 Å². The SMILES string of the molecule is CCOC(=O)C1=C(C)N=C2SC(=O)c3c(c4ccccc4n3OC(C)=O)C(=O)N2C1c1ccc(C)cc1. The number of amidine groups is 1. The van der Waals surface area contributed by atoms with Gasteiger partial charge in [0.05, 0.1) is 35.0 Å². The minimum absolute atomic E-state index is 0.0681. The number of para-hydroxylation sites is 1. The molecule has 0 fully saturated rings. The highest BCUT2D eigenvalue weighted by molar-refractivity contribution is 8.26. The molecule has 0 saturated heterocycles. The molecule has 0 aliphatic carbocycles. The van der Waals surface area contributed by atoms with E-state index in [0.717, 1.165) is 22.1 Å². The fraction of sp³-hybridized carbons (Fsp3) is 0.222. The third kappa shape index (κ3) is 4.03. The third-order valence-corrected chi connectivity index (χ3v) is 6.99. The molecule has 2 aromatic carbocycles. The molecule has 1 aromatic heterocycles. The number of ether oxygens (including phenoxy) is 1. The first-order valence-corrected chi connectivity index (χ1v) is 12.5. The highest BCUT2D eigenvalue weighted by atomic mass is 32.2. The number of fused-ring (bicyclic) bond motifs is 4. The van der Waals surface area contributed by atoms with Crippen LogP contribution in [0.15, 0.2) is 64.8 Å². The molecule has 10 heteroatoms. The van der Waals surface area contributed by atoms with Gasteiger partial charge in [0, 0.05) is 12.3 Å². The van der Waals surface area contributed by atoms with Crippen LogP contribution in [-0.2, 0) is 14.3 Å². The van der Waals surface area contributed by atoms with Crippen molar-refractivity contribution in [2.24, 2.45) is 4.99 Å². The van der Waals surface area contributed by atoms with Gasteiger partial charge in [0.2, 0.25) is 5.12 Å². The first-order chi connectivity index (χ1) is 17.7. The van der Waals surface area contributed by atoms with Crippen LogP contribution in [-0.4, -0.2) is 44.4 Å². The minimum atomic E-state index is -0.887. The lowest BCUT2D eigenvalue weighted by Gasteiger charge is -2.35. The quantitative estimate of drug-likeness (QED) is 0.477. The standard InChI is InChI=1S/C27H23N3O6S/c1-5-35-25(33)20-15(3)28-27-29(22(20)17-12-10-14(2)11-13-17)24(32)21-18-8-6-7-9-19(18)30(36-16(4)31)23(21)26(34)37-27/h6-13,22H,5H2,1-4H3. The Labute approximate surface area is 216 Å². The Hall–Kier alpha value is -4.18. The smallest absolute Gasteiger partial charge is 0.338 e. The van der Waals surface area contributed by atoms with Crippen molar-refractivity contribution in [3.05, 3.63) is 82.2 Å². The minimum Gasteiger partial charge on any atom is -0.463 e. The number of amides is 1. The second-order valence-corrected chi connectivity index (χ2v) is 9.55. The number of aryl methyl sites for hydroxylation is 1. The number of rotatable bonds is 4. The highest BCUT2D eigenvalue weighted by Crippen LogP contribution is 2.43. The molecule has 0 saturated carbocycles. The van der Waals surface area contributed by atoms with Gasteiger partial charge in [-0.2, -0.15) is 4.73 Å². The molecule has 9 nitrogen and oxygen atoms in total. The van der Waals surface area contributed by atoms with Gasteiger partial charge in [0.25, 0.3) is 5.91 Å². The van der Waals surface area contributed by atoms with E-state index in [2.05, 4.69) is 4.99 Å². The number of hydrogen-bond donors (Lipinski definition) is 0. The predicted molar refractivity (Wildman–Crippen MR) is 138 cm³/mol. The van der Waals surface area contributed by atoms with E-state index in [-0.39, 0.29) is 28.6 Å². The molecule has 1 unspecified atom stereocenters. The van der Waals surface area contributed by atoms with Crippen LogP contribution < -0.4 is 4.84 Å². The molecule has 0 bridgehead atoms. The van der Waals surface area contributed by atoms with Crippen molar-refractivity contribution in [3.63, 3.8) is 0 Å². The lowest BCUT2D eigenvalue weighted by atomic mass is 9.93. The van der Waals surface area contributed by atoms with E-state index >= 15 is 0 Å². The van der Waals surface area contributed by atoms with Crippen LogP contribution >= 0.6 is 11.8 Å². The zero-order valence-corrected chi connectivity index (χ0v) is 21.4. The van der Waals surface area contributed by atoms with Gasteiger partial charge in [0.1, 0.15) is 5.69 Å². The molecule has 188 valence electrons. The van der Waals surface area contributed by atoms with E-state index in [1.165, 1.54) is 11.8 Å². The van der Waals surface area contributed by atoms with Gasteiger partial charge in [-0.05, 0) is 44.2 Å². The van der Waals surface area contributed by atoms with Gasteiger partial charge < -0.3 is 9.57 Å². The second-order valence-electron chi connectivity index (χ2n) is 8.61. The average molecular weight is 518 g/mol. The van der Waals surface area contributed by atoms with Crippen molar-refractivity contribution in [1.29, 1.82) is 0 Å². The maximum Gasteiger partial charge on any atom is 0.338 e. The Morgan fingerprint density at radius 3 is 2.43 bits per heavy atom. The summed E-state index contributed by atoms with van der Waals surface area (Å²) in [7, 11) is 0. The highest BCUT2D eigenvalue weighted by Gasteiger charge is 2.46. The second kappa shape index (κ2) is 9.36. The van der Waals surface area contributed by atoms with Gasteiger partial charge in [-0.3, -0.25) is 14.5 Å². The van der Waals surface area contributed by atoms with Crippen molar-refractivity contribution in [1.82, 2.24) is 9.63 Å². The van der Waals surface area contributed by atoms with E-state index in [4.69, 9.17) is 9.57 Å². The Morgan fingerprint density at radius 2 is 1.76 bits per heavy atom. The van der Waals surface area contributed by atoms with Crippen LogP contribution in [0, 0.1) is 6.92 Å². The Morgan fingerprint density at radius 1 is 1.05 bits per heavy atom. The summed E-state index contributed by atoms with van der Waals surface area (Å²) >= 11 is 0.744. The number of thioether (sulfide) groups is 1. The van der Waals surface area contributed by atoms with E-state index in [0.29, 0.717) is 22.2 Å². The number of nitrogens with zero attached hydrogens (tertiary/aromatic N) is 3. The summed E-state index contributed by atoms with van der Waals surface area (Å²) in [5.41, 5.74) is 2.62. The molecule has 0 N–H and O–H groups in total. The molecule has 5 rings (SSSR count). The number of carbonyl (C=O) groups excluding carboxylic acids is 4. The van der Waals surface area contributed by atoms with Gasteiger partial charge in [-0.15, -0.1) is 0 Å². The number of hydrogen-bond acceptors (Lipinski definition) is 8. The summed E-state index contributed by atoms with van der Waals surface area (Å²) < 4.78 is 6.45. The molecule has 1 atom stereocenters. The van der Waals surface area contributed by atoms with Crippen molar-refractivity contribution < 1.29 is 28.8 Å². The molecule has 0 spiro atoms. The van der Waals surface area contributed by atoms with Crippen LogP contribution in [0.3, 0.4) is 0 Å². The number of esters is 1. The monoisotopic (exact) mass is 517 g/mol. The van der Waals surface area contributed by atoms with Crippen molar-refractivity contribution in [3.8, 4) is 0 Å². The number of aliphatic imine (C=N–C) groups is 1. The summed E-state index contributed by atoms with van der Waals surface area (Å²) in [5.74, 6) is -1.79. The zero-order valence-electron chi connectivity index (χ0n) is 20.6. The molecule has 1 amide bonds. The molecule has 3 heterocycles. The van der Waals surface area contributed by atoms with Crippen LogP contribution in [0.2, 0.25) is 0 Å². The largest absolute Gasteiger partial charge is 0.463 e. The number of allylic oxidation sites excluding steroid dienone is 1. The topological polar surface area (TPSA) is 107 Å². The van der Waals surface area contributed by atoms with Crippen LogP contribution in [0.25, 0.3) is 10.9 Å². The van der Waals surface area contributed by atoms with Crippen molar-refractivity contribution in [2.75, 3.05) is 6.61 Å². The molecular formula is C27H23N3O6S. The summed E-state index contributed by atoms with van der Waals surface area (Å²) in [4.78, 5) is 64.2. The predicted octanol–water partition coefficient (Wildman–Crippen LogP) is 4.20. The normalized spacial score (nSPS) is 17.2. The van der Waals surface area contributed by atoms with E-state index < -0.39 is 29.0 Å². The van der Waals surface area contributed by atoms with E-state index in [1.54, 1.807) is 38.1 Å². The summed E-state index contributed by atoms with van der Waals surface area (Å²) in [5, 5.41) is 0.0448. The molecular weight excluding hydrogens is 494 g/mol.